The molecule has 0 bridgehead atoms. The predicted octanol–water partition coefficient (Wildman–Crippen LogP) is 1.80. The molecule has 0 radical (unpaired) electrons. The van der Waals surface area contributed by atoms with E-state index in [4.69, 9.17) is 0 Å². The van der Waals surface area contributed by atoms with Crippen molar-refractivity contribution in [3.05, 3.63) is 48.0 Å². The van der Waals surface area contributed by atoms with E-state index in [1.807, 2.05) is 12.1 Å². The maximum absolute atomic E-state index is 11.8. The Labute approximate surface area is 106 Å². The predicted molar refractivity (Wildman–Crippen MR) is 68.5 cm³/mol. The van der Waals surface area contributed by atoms with Crippen LogP contribution in [0.5, 0.6) is 0 Å². The standard InChI is InChI=1S/C14H16N2O2/c17-13(11-7-3-1-4-8-11)15-16-14(18)12-9-5-2-6-10-12/h1-5,7-8,12H,6,9-10H2,(H,15,17)(H,16,18). The van der Waals surface area contributed by atoms with Crippen molar-refractivity contribution in [1.82, 2.24) is 10.9 Å². The molecule has 4 heteroatoms. The first-order valence-corrected chi connectivity index (χ1v) is 6.07. The van der Waals surface area contributed by atoms with Gasteiger partial charge in [0.25, 0.3) is 5.91 Å². The normalized spacial score (nSPS) is 18.1. The molecule has 0 saturated heterocycles. The fourth-order valence-electron chi connectivity index (χ4n) is 1.91. The highest BCUT2D eigenvalue weighted by Gasteiger charge is 2.18. The zero-order valence-electron chi connectivity index (χ0n) is 10.1. The molecule has 0 heterocycles. The summed E-state index contributed by atoms with van der Waals surface area (Å²) >= 11 is 0. The maximum atomic E-state index is 11.8. The molecule has 94 valence electrons. The van der Waals surface area contributed by atoms with Gasteiger partial charge < -0.3 is 0 Å². The van der Waals surface area contributed by atoms with Crippen molar-refractivity contribution in [2.24, 2.45) is 5.92 Å². The van der Waals surface area contributed by atoms with Gasteiger partial charge in [-0.3, -0.25) is 20.4 Å². The number of rotatable bonds is 2. The van der Waals surface area contributed by atoms with E-state index in [0.29, 0.717) is 5.56 Å². The highest BCUT2D eigenvalue weighted by Crippen LogP contribution is 2.17. The van der Waals surface area contributed by atoms with Crippen LogP contribution < -0.4 is 10.9 Å². The summed E-state index contributed by atoms with van der Waals surface area (Å²) in [5.74, 6) is -0.454. The molecule has 0 fully saturated rings. The van der Waals surface area contributed by atoms with E-state index in [1.165, 1.54) is 0 Å². The molecule has 0 aliphatic heterocycles. The molecule has 4 nitrogen and oxygen atoms in total. The van der Waals surface area contributed by atoms with Gasteiger partial charge in [0.15, 0.2) is 0 Å². The topological polar surface area (TPSA) is 58.2 Å². The van der Waals surface area contributed by atoms with E-state index in [1.54, 1.807) is 24.3 Å². The average molecular weight is 244 g/mol. The summed E-state index contributed by atoms with van der Waals surface area (Å²) in [6.07, 6.45) is 6.58. The second-order valence-corrected chi connectivity index (χ2v) is 4.29. The number of nitrogens with one attached hydrogen (secondary N) is 2. The van der Waals surface area contributed by atoms with E-state index in [2.05, 4.69) is 16.9 Å². The van der Waals surface area contributed by atoms with Gasteiger partial charge in [-0.1, -0.05) is 30.4 Å². The van der Waals surface area contributed by atoms with Gasteiger partial charge in [0, 0.05) is 11.5 Å². The van der Waals surface area contributed by atoms with Crippen LogP contribution in [0, 0.1) is 5.92 Å². The van der Waals surface area contributed by atoms with E-state index in [0.717, 1.165) is 19.3 Å². The summed E-state index contributed by atoms with van der Waals surface area (Å²) in [5.41, 5.74) is 5.44. The second-order valence-electron chi connectivity index (χ2n) is 4.29. The molecular formula is C14H16N2O2. The van der Waals surface area contributed by atoms with Crippen LogP contribution in [-0.2, 0) is 4.79 Å². The maximum Gasteiger partial charge on any atom is 0.269 e. The minimum atomic E-state index is -0.296. The summed E-state index contributed by atoms with van der Waals surface area (Å²) < 4.78 is 0. The van der Waals surface area contributed by atoms with Gasteiger partial charge in [0.05, 0.1) is 0 Å². The molecule has 1 aliphatic carbocycles. The first-order valence-electron chi connectivity index (χ1n) is 6.07. The molecule has 1 aromatic carbocycles. The lowest BCUT2D eigenvalue weighted by atomic mass is 9.94. The van der Waals surface area contributed by atoms with Gasteiger partial charge in [-0.15, -0.1) is 0 Å². The minimum Gasteiger partial charge on any atom is -0.273 e. The average Bonchev–Trinajstić information content (AvgIpc) is 2.46. The molecule has 0 aromatic heterocycles. The van der Waals surface area contributed by atoms with Gasteiger partial charge in [-0.05, 0) is 31.4 Å². The monoisotopic (exact) mass is 244 g/mol. The summed E-state index contributed by atoms with van der Waals surface area (Å²) in [7, 11) is 0. The van der Waals surface area contributed by atoms with Crippen molar-refractivity contribution in [2.75, 3.05) is 0 Å². The highest BCUT2D eigenvalue weighted by atomic mass is 16.2. The zero-order chi connectivity index (χ0) is 12.8. The Morgan fingerprint density at radius 3 is 2.50 bits per heavy atom. The Morgan fingerprint density at radius 1 is 1.06 bits per heavy atom. The first-order chi connectivity index (χ1) is 8.77. The van der Waals surface area contributed by atoms with Gasteiger partial charge in [0.1, 0.15) is 0 Å². The summed E-state index contributed by atoms with van der Waals surface area (Å²) in [6.45, 7) is 0. The molecule has 1 unspecified atom stereocenters. The molecule has 2 rings (SSSR count). The Kier molecular flexibility index (Phi) is 4.12. The van der Waals surface area contributed by atoms with Gasteiger partial charge in [0.2, 0.25) is 5.91 Å². The number of hydrazine groups is 1. The van der Waals surface area contributed by atoms with Gasteiger partial charge >= 0.3 is 0 Å². The minimum absolute atomic E-state index is 0.0360. The number of hydrogen-bond acceptors (Lipinski definition) is 2. The van der Waals surface area contributed by atoms with Crippen molar-refractivity contribution < 1.29 is 9.59 Å². The fraction of sp³-hybridized carbons (Fsp3) is 0.286. The summed E-state index contributed by atoms with van der Waals surface area (Å²) in [5, 5.41) is 0. The molecule has 0 saturated carbocycles. The molecule has 1 aromatic rings. The summed E-state index contributed by atoms with van der Waals surface area (Å²) in [6, 6.07) is 8.80. The molecule has 1 atom stereocenters. The molecule has 2 N–H and O–H groups in total. The Balaban J connectivity index is 1.83. The van der Waals surface area contributed by atoms with Crippen LogP contribution in [-0.4, -0.2) is 11.8 Å². The van der Waals surface area contributed by atoms with Crippen LogP contribution in [0.3, 0.4) is 0 Å². The third kappa shape index (κ3) is 3.20. The first kappa shape index (κ1) is 12.4. The van der Waals surface area contributed by atoms with Crippen LogP contribution in [0.2, 0.25) is 0 Å². The van der Waals surface area contributed by atoms with Crippen LogP contribution >= 0.6 is 0 Å². The van der Waals surface area contributed by atoms with Crippen molar-refractivity contribution in [3.63, 3.8) is 0 Å². The van der Waals surface area contributed by atoms with Crippen LogP contribution in [0.1, 0.15) is 29.6 Å². The number of carbonyl (C=O) groups excluding carboxylic acids is 2. The number of amides is 2. The van der Waals surface area contributed by atoms with Crippen LogP contribution in [0.15, 0.2) is 42.5 Å². The SMILES string of the molecule is O=C(NNC(=O)C1CC=CCC1)c1ccccc1. The molecule has 0 spiro atoms. The third-order valence-corrected chi connectivity index (χ3v) is 2.98. The van der Waals surface area contributed by atoms with E-state index in [-0.39, 0.29) is 17.7 Å². The number of carbonyl (C=O) groups is 2. The third-order valence-electron chi connectivity index (χ3n) is 2.98. The number of hydrogen-bond donors (Lipinski definition) is 2. The van der Waals surface area contributed by atoms with Gasteiger partial charge in [-0.2, -0.15) is 0 Å². The quantitative estimate of drug-likeness (QED) is 0.615. The molecule has 1 aliphatic rings. The molecule has 2 amide bonds. The van der Waals surface area contributed by atoms with E-state index in [9.17, 15) is 9.59 Å². The molecule has 18 heavy (non-hydrogen) atoms. The van der Waals surface area contributed by atoms with Crippen molar-refractivity contribution in [1.29, 1.82) is 0 Å². The lowest BCUT2D eigenvalue weighted by Crippen LogP contribution is -2.44. The lowest BCUT2D eigenvalue weighted by molar-refractivity contribution is -0.126. The largest absolute Gasteiger partial charge is 0.273 e. The van der Waals surface area contributed by atoms with Crippen LogP contribution in [0.4, 0.5) is 0 Å². The second kappa shape index (κ2) is 6.00. The van der Waals surface area contributed by atoms with Gasteiger partial charge in [-0.25, -0.2) is 0 Å². The van der Waals surface area contributed by atoms with E-state index < -0.39 is 0 Å². The smallest absolute Gasteiger partial charge is 0.269 e. The van der Waals surface area contributed by atoms with Crippen molar-refractivity contribution in [3.8, 4) is 0 Å². The Hall–Kier alpha value is -2.10. The number of allylic oxidation sites excluding steroid dienone is 2. The molecular weight excluding hydrogens is 228 g/mol. The summed E-state index contributed by atoms with van der Waals surface area (Å²) in [4.78, 5) is 23.5. The highest BCUT2D eigenvalue weighted by molar-refractivity contribution is 5.95. The lowest BCUT2D eigenvalue weighted by Gasteiger charge is -2.17. The Bertz CT molecular complexity index is 454. The van der Waals surface area contributed by atoms with Crippen molar-refractivity contribution >= 4 is 11.8 Å². The van der Waals surface area contributed by atoms with E-state index >= 15 is 0 Å². The van der Waals surface area contributed by atoms with Crippen LogP contribution in [0.25, 0.3) is 0 Å². The zero-order valence-corrected chi connectivity index (χ0v) is 10.1. The number of benzene rings is 1. The Morgan fingerprint density at radius 2 is 1.83 bits per heavy atom. The fourth-order valence-corrected chi connectivity index (χ4v) is 1.91. The van der Waals surface area contributed by atoms with Crippen molar-refractivity contribution in [2.45, 2.75) is 19.3 Å².